The van der Waals surface area contributed by atoms with Crippen molar-refractivity contribution in [2.24, 2.45) is 11.7 Å². The SMILES string of the molecule is CCCCCCCCCC(N)C1CCOC2(CCSC2)C1. The molecule has 2 rings (SSSR count). The average molecular weight is 314 g/mol. The minimum absolute atomic E-state index is 0.200. The molecule has 2 fully saturated rings. The predicted molar refractivity (Wildman–Crippen MR) is 93.9 cm³/mol. The van der Waals surface area contributed by atoms with Crippen LogP contribution in [0.3, 0.4) is 0 Å². The van der Waals surface area contributed by atoms with Crippen LogP contribution in [0.4, 0.5) is 0 Å². The molecule has 2 aliphatic heterocycles. The zero-order chi connectivity index (χ0) is 15.0. The zero-order valence-electron chi connectivity index (χ0n) is 13.9. The average Bonchev–Trinajstić information content (AvgIpc) is 2.94. The number of thioether (sulfide) groups is 1. The molecule has 0 radical (unpaired) electrons. The maximum atomic E-state index is 6.50. The van der Waals surface area contributed by atoms with E-state index in [1.807, 2.05) is 0 Å². The van der Waals surface area contributed by atoms with E-state index in [1.165, 1.54) is 82.1 Å². The number of ether oxygens (including phenoxy) is 1. The van der Waals surface area contributed by atoms with Gasteiger partial charge in [0.1, 0.15) is 0 Å². The van der Waals surface area contributed by atoms with Gasteiger partial charge in [-0.1, -0.05) is 51.9 Å². The molecule has 2 N–H and O–H groups in total. The number of hydrogen-bond donors (Lipinski definition) is 1. The molecule has 0 bridgehead atoms. The summed E-state index contributed by atoms with van der Waals surface area (Å²) in [6.45, 7) is 3.22. The Morgan fingerprint density at radius 1 is 1.19 bits per heavy atom. The smallest absolute Gasteiger partial charge is 0.0783 e. The normalized spacial score (nSPS) is 30.9. The largest absolute Gasteiger partial charge is 0.374 e. The van der Waals surface area contributed by atoms with E-state index >= 15 is 0 Å². The Balaban J connectivity index is 1.58. The molecule has 3 atom stereocenters. The van der Waals surface area contributed by atoms with E-state index in [1.54, 1.807) is 0 Å². The topological polar surface area (TPSA) is 35.2 Å². The van der Waals surface area contributed by atoms with Gasteiger partial charge >= 0.3 is 0 Å². The van der Waals surface area contributed by atoms with Crippen molar-refractivity contribution in [1.29, 1.82) is 0 Å². The number of unbranched alkanes of at least 4 members (excludes halogenated alkanes) is 6. The van der Waals surface area contributed by atoms with Gasteiger partial charge in [0.05, 0.1) is 5.60 Å². The molecule has 0 aromatic heterocycles. The quantitative estimate of drug-likeness (QED) is 0.623. The van der Waals surface area contributed by atoms with Gasteiger partial charge in [-0.2, -0.15) is 11.8 Å². The molecular formula is C18H35NOS. The molecule has 2 nitrogen and oxygen atoms in total. The highest BCUT2D eigenvalue weighted by atomic mass is 32.2. The number of nitrogens with two attached hydrogens (primary N) is 1. The van der Waals surface area contributed by atoms with E-state index in [2.05, 4.69) is 18.7 Å². The van der Waals surface area contributed by atoms with E-state index < -0.39 is 0 Å². The minimum Gasteiger partial charge on any atom is -0.374 e. The van der Waals surface area contributed by atoms with Crippen molar-refractivity contribution < 1.29 is 4.74 Å². The highest BCUT2D eigenvalue weighted by molar-refractivity contribution is 7.99. The lowest BCUT2D eigenvalue weighted by molar-refractivity contribution is -0.0835. The molecule has 3 heteroatoms. The van der Waals surface area contributed by atoms with Crippen molar-refractivity contribution >= 4 is 11.8 Å². The summed E-state index contributed by atoms with van der Waals surface area (Å²) in [5.74, 6) is 3.19. The van der Waals surface area contributed by atoms with Crippen LogP contribution in [0.1, 0.15) is 77.6 Å². The van der Waals surface area contributed by atoms with Crippen LogP contribution >= 0.6 is 11.8 Å². The second-order valence-electron chi connectivity index (χ2n) is 7.16. The summed E-state index contributed by atoms with van der Waals surface area (Å²) < 4.78 is 6.11. The van der Waals surface area contributed by atoms with Crippen LogP contribution in [-0.4, -0.2) is 29.8 Å². The van der Waals surface area contributed by atoms with Gasteiger partial charge in [-0.05, 0) is 37.4 Å². The van der Waals surface area contributed by atoms with E-state index in [4.69, 9.17) is 10.5 Å². The minimum atomic E-state index is 0.200. The highest BCUT2D eigenvalue weighted by Gasteiger charge is 2.41. The molecular weight excluding hydrogens is 278 g/mol. The molecule has 3 unspecified atom stereocenters. The monoisotopic (exact) mass is 313 g/mol. The lowest BCUT2D eigenvalue weighted by Crippen LogP contribution is -2.45. The van der Waals surface area contributed by atoms with E-state index in [0.717, 1.165) is 6.61 Å². The summed E-state index contributed by atoms with van der Waals surface area (Å²) in [5.41, 5.74) is 6.70. The second kappa shape index (κ2) is 9.42. The summed E-state index contributed by atoms with van der Waals surface area (Å²) in [7, 11) is 0. The maximum absolute atomic E-state index is 6.50. The van der Waals surface area contributed by atoms with Crippen molar-refractivity contribution in [3.05, 3.63) is 0 Å². The van der Waals surface area contributed by atoms with Crippen molar-refractivity contribution in [3.63, 3.8) is 0 Å². The Labute approximate surface area is 136 Å². The van der Waals surface area contributed by atoms with Crippen LogP contribution in [0.25, 0.3) is 0 Å². The lowest BCUT2D eigenvalue weighted by Gasteiger charge is -2.40. The Bertz CT molecular complexity index is 278. The first kappa shape index (κ1) is 17.6. The second-order valence-corrected chi connectivity index (χ2v) is 8.27. The molecule has 2 heterocycles. The van der Waals surface area contributed by atoms with E-state index in [9.17, 15) is 0 Å². The molecule has 1 spiro atoms. The molecule has 124 valence electrons. The molecule has 2 aliphatic rings. The van der Waals surface area contributed by atoms with Crippen LogP contribution in [-0.2, 0) is 4.74 Å². The van der Waals surface area contributed by atoms with Crippen LogP contribution < -0.4 is 5.73 Å². The molecule has 21 heavy (non-hydrogen) atoms. The van der Waals surface area contributed by atoms with Gasteiger partial charge in [-0.15, -0.1) is 0 Å². The molecule has 0 amide bonds. The Morgan fingerprint density at radius 3 is 2.67 bits per heavy atom. The molecule has 0 aromatic rings. The summed E-state index contributed by atoms with van der Waals surface area (Å²) in [5, 5.41) is 0. The first-order valence-corrected chi connectivity index (χ1v) is 10.4. The van der Waals surface area contributed by atoms with Crippen molar-refractivity contribution in [3.8, 4) is 0 Å². The predicted octanol–water partition coefficient (Wildman–Crippen LogP) is 4.76. The zero-order valence-corrected chi connectivity index (χ0v) is 14.8. The van der Waals surface area contributed by atoms with Crippen LogP contribution in [0.2, 0.25) is 0 Å². The first-order chi connectivity index (χ1) is 10.3. The van der Waals surface area contributed by atoms with Crippen LogP contribution in [0.15, 0.2) is 0 Å². The summed E-state index contributed by atoms with van der Waals surface area (Å²) in [4.78, 5) is 0. The third-order valence-corrected chi connectivity index (χ3v) is 6.57. The number of rotatable bonds is 9. The van der Waals surface area contributed by atoms with Gasteiger partial charge in [0.25, 0.3) is 0 Å². The van der Waals surface area contributed by atoms with E-state index in [-0.39, 0.29) is 5.60 Å². The van der Waals surface area contributed by atoms with Gasteiger partial charge in [-0.25, -0.2) is 0 Å². The van der Waals surface area contributed by atoms with Crippen LogP contribution in [0, 0.1) is 5.92 Å². The third-order valence-electron chi connectivity index (χ3n) is 5.34. The first-order valence-electron chi connectivity index (χ1n) is 9.23. The maximum Gasteiger partial charge on any atom is 0.0783 e. The Hall–Kier alpha value is 0.270. The van der Waals surface area contributed by atoms with Gasteiger partial charge < -0.3 is 10.5 Å². The van der Waals surface area contributed by atoms with Crippen molar-refractivity contribution in [2.45, 2.75) is 89.2 Å². The molecule has 2 saturated heterocycles. The van der Waals surface area contributed by atoms with Gasteiger partial charge in [0, 0.05) is 18.4 Å². The highest BCUT2D eigenvalue weighted by Crippen LogP contribution is 2.41. The fraction of sp³-hybridized carbons (Fsp3) is 1.00. The summed E-state index contributed by atoms with van der Waals surface area (Å²) in [6.07, 6.45) is 14.6. The standard InChI is InChI=1S/C18H35NOS/c1-2-3-4-5-6-7-8-9-17(19)16-10-12-20-18(14-16)11-13-21-15-18/h16-17H,2-15,19H2,1H3. The summed E-state index contributed by atoms with van der Waals surface area (Å²) in [6, 6.07) is 0.409. The third kappa shape index (κ3) is 5.76. The molecule has 0 aromatic carbocycles. The van der Waals surface area contributed by atoms with Gasteiger partial charge in [-0.3, -0.25) is 0 Å². The van der Waals surface area contributed by atoms with Gasteiger partial charge in [0.2, 0.25) is 0 Å². The molecule has 0 saturated carbocycles. The van der Waals surface area contributed by atoms with Crippen molar-refractivity contribution in [1.82, 2.24) is 0 Å². The van der Waals surface area contributed by atoms with E-state index in [0.29, 0.717) is 12.0 Å². The lowest BCUT2D eigenvalue weighted by atomic mass is 9.80. The molecule has 0 aliphatic carbocycles. The Kier molecular flexibility index (Phi) is 7.90. The fourth-order valence-corrected chi connectivity index (χ4v) is 5.25. The summed E-state index contributed by atoms with van der Waals surface area (Å²) >= 11 is 2.06. The van der Waals surface area contributed by atoms with Crippen LogP contribution in [0.5, 0.6) is 0 Å². The Morgan fingerprint density at radius 2 is 1.95 bits per heavy atom. The number of hydrogen-bond acceptors (Lipinski definition) is 3. The fourth-order valence-electron chi connectivity index (χ4n) is 3.87. The van der Waals surface area contributed by atoms with Gasteiger partial charge in [0.15, 0.2) is 0 Å². The van der Waals surface area contributed by atoms with Crippen molar-refractivity contribution in [2.75, 3.05) is 18.1 Å².